The van der Waals surface area contributed by atoms with E-state index in [2.05, 4.69) is 5.32 Å². The average Bonchev–Trinajstić information content (AvgIpc) is 3.08. The summed E-state index contributed by atoms with van der Waals surface area (Å²) in [7, 11) is 1.60. The summed E-state index contributed by atoms with van der Waals surface area (Å²) >= 11 is 0. The summed E-state index contributed by atoms with van der Waals surface area (Å²) in [6, 6.07) is 13.5. The largest absolute Gasteiger partial charge is 0.497 e. The molecule has 1 atom stereocenters. The molecule has 1 aliphatic heterocycles. The number of hydrogen-bond acceptors (Lipinski definition) is 4. The highest BCUT2D eigenvalue weighted by Crippen LogP contribution is 2.20. The number of amides is 2. The van der Waals surface area contributed by atoms with Crippen LogP contribution in [0.15, 0.2) is 48.5 Å². The van der Waals surface area contributed by atoms with Gasteiger partial charge >= 0.3 is 0 Å². The lowest BCUT2D eigenvalue weighted by Crippen LogP contribution is -2.34. The first-order valence-electron chi connectivity index (χ1n) is 9.12. The second kappa shape index (κ2) is 9.21. The molecule has 0 aromatic heterocycles. The van der Waals surface area contributed by atoms with Crippen molar-refractivity contribution in [2.45, 2.75) is 13.0 Å². The van der Waals surface area contributed by atoms with Crippen molar-refractivity contribution in [1.29, 1.82) is 0 Å². The van der Waals surface area contributed by atoms with Gasteiger partial charge in [-0.2, -0.15) is 0 Å². The predicted molar refractivity (Wildman–Crippen MR) is 101 cm³/mol. The third-order valence-corrected chi connectivity index (χ3v) is 4.69. The van der Waals surface area contributed by atoms with Gasteiger partial charge in [-0.3, -0.25) is 9.59 Å². The topological polar surface area (TPSA) is 67.9 Å². The van der Waals surface area contributed by atoms with E-state index in [1.807, 2.05) is 0 Å². The molecule has 0 bridgehead atoms. The Kier molecular flexibility index (Phi) is 6.47. The molecule has 1 heterocycles. The molecule has 1 N–H and O–H groups in total. The molecular weight excluding hydrogens is 363 g/mol. The molecule has 1 saturated heterocycles. The summed E-state index contributed by atoms with van der Waals surface area (Å²) in [5.74, 6) is 0.320. The Morgan fingerprint density at radius 3 is 2.61 bits per heavy atom. The van der Waals surface area contributed by atoms with Crippen molar-refractivity contribution in [3.63, 3.8) is 0 Å². The van der Waals surface area contributed by atoms with E-state index in [4.69, 9.17) is 9.47 Å². The maximum Gasteiger partial charge on any atom is 0.225 e. The maximum atomic E-state index is 13.6. The van der Waals surface area contributed by atoms with E-state index in [1.165, 1.54) is 6.07 Å². The van der Waals surface area contributed by atoms with Crippen LogP contribution in [0.4, 0.5) is 4.39 Å². The monoisotopic (exact) mass is 386 g/mol. The number of likely N-dealkylation sites (tertiary alicyclic amines) is 1. The minimum Gasteiger partial charge on any atom is -0.497 e. The number of hydrogen-bond donors (Lipinski definition) is 1. The first-order chi connectivity index (χ1) is 13.6. The number of carbonyl (C=O) groups excluding carboxylic acids is 2. The molecule has 0 spiro atoms. The number of halogens is 1. The molecule has 0 radical (unpaired) electrons. The summed E-state index contributed by atoms with van der Waals surface area (Å²) in [6.45, 7) is 1.19. The zero-order valence-electron chi connectivity index (χ0n) is 15.7. The standard InChI is InChI=1S/C21H23FN2O4/c1-27-17-6-8-18(9-7-17)28-11-10-24-14-16(12-20(24)25)21(26)23-13-15-4-2-3-5-19(15)22/h2-9,16H,10-14H2,1H3,(H,23,26). The van der Waals surface area contributed by atoms with E-state index in [1.54, 1.807) is 54.5 Å². The van der Waals surface area contributed by atoms with Crippen LogP contribution < -0.4 is 14.8 Å². The van der Waals surface area contributed by atoms with Gasteiger partial charge in [0.05, 0.1) is 19.6 Å². The quantitative estimate of drug-likeness (QED) is 0.756. The van der Waals surface area contributed by atoms with E-state index in [0.717, 1.165) is 5.75 Å². The molecule has 2 aromatic carbocycles. The van der Waals surface area contributed by atoms with Gasteiger partial charge in [0.2, 0.25) is 11.8 Å². The molecule has 0 aliphatic carbocycles. The molecule has 3 rings (SSSR count). The molecule has 6 nitrogen and oxygen atoms in total. The minimum atomic E-state index is -0.430. The smallest absolute Gasteiger partial charge is 0.225 e. The molecule has 1 aliphatic rings. The van der Waals surface area contributed by atoms with E-state index < -0.39 is 5.92 Å². The average molecular weight is 386 g/mol. The van der Waals surface area contributed by atoms with Gasteiger partial charge in [-0.15, -0.1) is 0 Å². The fraction of sp³-hybridized carbons (Fsp3) is 0.333. The van der Waals surface area contributed by atoms with Crippen LogP contribution in [0.2, 0.25) is 0 Å². The predicted octanol–water partition coefficient (Wildman–Crippen LogP) is 2.38. The second-order valence-electron chi connectivity index (χ2n) is 6.57. The van der Waals surface area contributed by atoms with Gasteiger partial charge in [-0.25, -0.2) is 4.39 Å². The van der Waals surface area contributed by atoms with Crippen LogP contribution >= 0.6 is 0 Å². The molecule has 1 fully saturated rings. The third-order valence-electron chi connectivity index (χ3n) is 4.69. The highest BCUT2D eigenvalue weighted by atomic mass is 19.1. The van der Waals surface area contributed by atoms with E-state index in [0.29, 0.717) is 31.0 Å². The number of methoxy groups -OCH3 is 1. The van der Waals surface area contributed by atoms with Gasteiger partial charge < -0.3 is 19.7 Å². The lowest BCUT2D eigenvalue weighted by Gasteiger charge is -2.17. The van der Waals surface area contributed by atoms with E-state index in [-0.39, 0.29) is 30.6 Å². The fourth-order valence-corrected chi connectivity index (χ4v) is 3.08. The van der Waals surface area contributed by atoms with Crippen molar-refractivity contribution in [3.05, 3.63) is 59.9 Å². The lowest BCUT2D eigenvalue weighted by atomic mass is 10.1. The Balaban J connectivity index is 1.43. The first kappa shape index (κ1) is 19.7. The molecule has 2 aromatic rings. The Morgan fingerprint density at radius 2 is 1.89 bits per heavy atom. The van der Waals surface area contributed by atoms with E-state index in [9.17, 15) is 14.0 Å². The van der Waals surface area contributed by atoms with Crippen LogP contribution in [0.1, 0.15) is 12.0 Å². The first-order valence-corrected chi connectivity index (χ1v) is 9.12. The van der Waals surface area contributed by atoms with Crippen molar-refractivity contribution in [1.82, 2.24) is 10.2 Å². The van der Waals surface area contributed by atoms with Crippen LogP contribution in [-0.2, 0) is 16.1 Å². The van der Waals surface area contributed by atoms with Crippen molar-refractivity contribution < 1.29 is 23.5 Å². The Morgan fingerprint density at radius 1 is 1.18 bits per heavy atom. The van der Waals surface area contributed by atoms with E-state index >= 15 is 0 Å². The van der Waals surface area contributed by atoms with Crippen LogP contribution in [0.5, 0.6) is 11.5 Å². The fourth-order valence-electron chi connectivity index (χ4n) is 3.08. The number of rotatable bonds is 8. The zero-order chi connectivity index (χ0) is 19.9. The summed E-state index contributed by atoms with van der Waals surface area (Å²) in [5, 5.41) is 2.71. The van der Waals surface area contributed by atoms with Crippen LogP contribution in [-0.4, -0.2) is 43.5 Å². The summed E-state index contributed by atoms with van der Waals surface area (Å²) in [6.07, 6.45) is 0.158. The number of nitrogens with zero attached hydrogens (tertiary/aromatic N) is 1. The number of ether oxygens (including phenoxy) is 2. The Bertz CT molecular complexity index is 825. The Hall–Kier alpha value is -3.09. The molecule has 148 valence electrons. The molecule has 0 saturated carbocycles. The normalized spacial score (nSPS) is 16.1. The van der Waals surface area contributed by atoms with Gasteiger partial charge in [0.1, 0.15) is 23.9 Å². The SMILES string of the molecule is COc1ccc(OCCN2CC(C(=O)NCc3ccccc3F)CC2=O)cc1. The molecule has 2 amide bonds. The highest BCUT2D eigenvalue weighted by molar-refractivity contribution is 5.89. The van der Waals surface area contributed by atoms with Crippen LogP contribution in [0.25, 0.3) is 0 Å². The Labute approximate surface area is 163 Å². The second-order valence-corrected chi connectivity index (χ2v) is 6.57. The molecule has 28 heavy (non-hydrogen) atoms. The number of nitrogens with one attached hydrogen (secondary N) is 1. The number of carbonyl (C=O) groups is 2. The number of benzene rings is 2. The zero-order valence-corrected chi connectivity index (χ0v) is 15.7. The minimum absolute atomic E-state index is 0.0793. The van der Waals surface area contributed by atoms with Gasteiger partial charge in [0, 0.05) is 25.1 Å². The van der Waals surface area contributed by atoms with Gasteiger partial charge in [-0.05, 0) is 30.3 Å². The summed E-state index contributed by atoms with van der Waals surface area (Å²) < 4.78 is 24.4. The maximum absolute atomic E-state index is 13.6. The summed E-state index contributed by atoms with van der Waals surface area (Å²) in [5.41, 5.74) is 0.421. The van der Waals surface area contributed by atoms with Gasteiger partial charge in [0.25, 0.3) is 0 Å². The van der Waals surface area contributed by atoms with Crippen molar-refractivity contribution in [2.75, 3.05) is 26.8 Å². The molecular formula is C21H23FN2O4. The van der Waals surface area contributed by atoms with Crippen LogP contribution in [0, 0.1) is 11.7 Å². The lowest BCUT2D eigenvalue weighted by molar-refractivity contribution is -0.129. The molecule has 1 unspecified atom stereocenters. The van der Waals surface area contributed by atoms with Crippen LogP contribution in [0.3, 0.4) is 0 Å². The van der Waals surface area contributed by atoms with Gasteiger partial charge in [0.15, 0.2) is 0 Å². The third kappa shape index (κ3) is 5.00. The van der Waals surface area contributed by atoms with Crippen molar-refractivity contribution in [2.24, 2.45) is 5.92 Å². The van der Waals surface area contributed by atoms with Crippen molar-refractivity contribution in [3.8, 4) is 11.5 Å². The highest BCUT2D eigenvalue weighted by Gasteiger charge is 2.34. The summed E-state index contributed by atoms with van der Waals surface area (Å²) in [4.78, 5) is 26.1. The van der Waals surface area contributed by atoms with Crippen molar-refractivity contribution >= 4 is 11.8 Å². The molecule has 7 heteroatoms. The van der Waals surface area contributed by atoms with Gasteiger partial charge in [-0.1, -0.05) is 18.2 Å².